The second kappa shape index (κ2) is 9.38. The third-order valence-corrected chi connectivity index (χ3v) is 10.2. The first kappa shape index (κ1) is 28.6. The van der Waals surface area contributed by atoms with Gasteiger partial charge in [0.15, 0.2) is 11.4 Å². The van der Waals surface area contributed by atoms with Crippen LogP contribution in [-0.4, -0.2) is 112 Å². The van der Waals surface area contributed by atoms with Gasteiger partial charge in [-0.05, 0) is 39.2 Å². The third-order valence-electron chi connectivity index (χ3n) is 10.2. The molecule has 37 heavy (non-hydrogen) atoms. The van der Waals surface area contributed by atoms with E-state index in [4.69, 9.17) is 9.47 Å². The van der Waals surface area contributed by atoms with E-state index < -0.39 is 63.6 Å². The largest absolute Gasteiger partial charge is 0.459 e. The van der Waals surface area contributed by atoms with Crippen molar-refractivity contribution in [1.82, 2.24) is 9.80 Å². The molecule has 0 amide bonds. The number of esters is 1. The smallest absolute Gasteiger partial charge is 0.307 e. The molecule has 2 saturated heterocycles. The van der Waals surface area contributed by atoms with Crippen molar-refractivity contribution >= 4 is 11.8 Å². The summed E-state index contributed by atoms with van der Waals surface area (Å²) in [5.41, 5.74) is -7.15. The van der Waals surface area contributed by atoms with Crippen LogP contribution < -0.4 is 0 Å². The van der Waals surface area contributed by atoms with Crippen LogP contribution in [0.1, 0.15) is 60.3 Å². The second-order valence-corrected chi connectivity index (χ2v) is 13.1. The first-order valence-corrected chi connectivity index (χ1v) is 13.6. The van der Waals surface area contributed by atoms with Crippen molar-refractivity contribution in [3.8, 4) is 0 Å². The summed E-state index contributed by atoms with van der Waals surface area (Å²) in [5, 5.41) is 35.6. The first-order chi connectivity index (χ1) is 17.1. The Bertz CT molecular complexity index is 933. The molecule has 0 radical (unpaired) electrons. The molecule has 0 aromatic carbocycles. The molecule has 9 heteroatoms. The van der Waals surface area contributed by atoms with E-state index in [0.717, 1.165) is 26.2 Å². The van der Waals surface area contributed by atoms with E-state index in [1.54, 1.807) is 13.8 Å². The molecule has 4 rings (SSSR count). The highest BCUT2D eigenvalue weighted by Crippen LogP contribution is 2.67. The van der Waals surface area contributed by atoms with Gasteiger partial charge in [0.2, 0.25) is 0 Å². The van der Waals surface area contributed by atoms with Gasteiger partial charge < -0.3 is 34.6 Å². The van der Waals surface area contributed by atoms with Crippen LogP contribution in [0.25, 0.3) is 0 Å². The van der Waals surface area contributed by atoms with E-state index in [0.29, 0.717) is 19.4 Å². The normalized spacial score (nSPS) is 46.6. The maximum Gasteiger partial charge on any atom is 0.307 e. The van der Waals surface area contributed by atoms with E-state index >= 15 is 0 Å². The summed E-state index contributed by atoms with van der Waals surface area (Å²) in [7, 11) is 2.07. The Kier molecular flexibility index (Phi) is 7.26. The van der Waals surface area contributed by atoms with Crippen molar-refractivity contribution in [2.45, 2.75) is 95.4 Å². The lowest BCUT2D eigenvalue weighted by Crippen LogP contribution is -2.86. The first-order valence-electron chi connectivity index (χ1n) is 13.6. The van der Waals surface area contributed by atoms with E-state index in [-0.39, 0.29) is 12.8 Å². The van der Waals surface area contributed by atoms with Crippen LogP contribution in [0, 0.1) is 16.7 Å². The lowest BCUT2D eigenvalue weighted by molar-refractivity contribution is -0.370. The SMILES string of the molecule is C=C[C@@]1(C)CC(=O)[C@]2(O)C3(C)C(C(OC(=O)CCN4CCN(C)CC4)C(O)[C@@]2(C)O1)C(C)(C)CC[C@@H]3O. The van der Waals surface area contributed by atoms with Crippen LogP contribution in [0.5, 0.6) is 0 Å². The predicted molar refractivity (Wildman–Crippen MR) is 138 cm³/mol. The lowest BCUT2D eigenvalue weighted by Gasteiger charge is -2.71. The number of fused-ring (bicyclic) bond motifs is 3. The van der Waals surface area contributed by atoms with Crippen molar-refractivity contribution in [3.05, 3.63) is 12.7 Å². The molecule has 0 bridgehead atoms. The number of carbonyl (C=O) groups is 2. The molecule has 2 aliphatic carbocycles. The molecule has 9 nitrogen and oxygen atoms in total. The van der Waals surface area contributed by atoms with Crippen molar-refractivity contribution in [3.63, 3.8) is 0 Å². The molecule has 2 aliphatic heterocycles. The Morgan fingerprint density at radius 1 is 1.16 bits per heavy atom. The number of ether oxygens (including phenoxy) is 2. The second-order valence-electron chi connectivity index (χ2n) is 13.1. The zero-order valence-corrected chi connectivity index (χ0v) is 23.3. The Balaban J connectivity index is 1.70. The Hall–Kier alpha value is -1.36. The van der Waals surface area contributed by atoms with Gasteiger partial charge in [-0.3, -0.25) is 9.59 Å². The van der Waals surface area contributed by atoms with Gasteiger partial charge in [0.25, 0.3) is 0 Å². The molecule has 3 N–H and O–H groups in total. The molecular weight excluding hydrogens is 476 g/mol. The minimum Gasteiger partial charge on any atom is -0.459 e. The summed E-state index contributed by atoms with van der Waals surface area (Å²) in [5.74, 6) is -1.65. The van der Waals surface area contributed by atoms with Gasteiger partial charge in [-0.15, -0.1) is 6.58 Å². The number of nitrogens with zero attached hydrogens (tertiary/aromatic N) is 2. The van der Waals surface area contributed by atoms with Gasteiger partial charge in [-0.2, -0.15) is 0 Å². The van der Waals surface area contributed by atoms with Crippen molar-refractivity contribution in [1.29, 1.82) is 0 Å². The average molecular weight is 523 g/mol. The quantitative estimate of drug-likeness (QED) is 0.361. The van der Waals surface area contributed by atoms with Crippen molar-refractivity contribution < 1.29 is 34.4 Å². The van der Waals surface area contributed by atoms with Crippen molar-refractivity contribution in [2.24, 2.45) is 16.7 Å². The van der Waals surface area contributed by atoms with Crippen LogP contribution >= 0.6 is 0 Å². The predicted octanol–water partition coefficient (Wildman–Crippen LogP) is 1.14. The summed E-state index contributed by atoms with van der Waals surface area (Å²) in [6.45, 7) is 16.8. The summed E-state index contributed by atoms with van der Waals surface area (Å²) in [6, 6.07) is 0. The fraction of sp³-hybridized carbons (Fsp3) is 0.857. The molecule has 4 fully saturated rings. The Morgan fingerprint density at radius 3 is 2.38 bits per heavy atom. The summed E-state index contributed by atoms with van der Waals surface area (Å²) < 4.78 is 12.4. The van der Waals surface area contributed by atoms with E-state index in [1.165, 1.54) is 13.0 Å². The minimum absolute atomic E-state index is 0.139. The number of hydrogen-bond acceptors (Lipinski definition) is 9. The fourth-order valence-electron chi connectivity index (χ4n) is 7.94. The number of aliphatic hydroxyl groups is 3. The molecule has 2 saturated carbocycles. The highest BCUT2D eigenvalue weighted by atomic mass is 16.6. The molecule has 4 aliphatic rings. The highest BCUT2D eigenvalue weighted by Gasteiger charge is 2.81. The van der Waals surface area contributed by atoms with Gasteiger partial charge in [-0.25, -0.2) is 0 Å². The van der Waals surface area contributed by atoms with E-state index in [1.807, 2.05) is 13.8 Å². The zero-order chi connectivity index (χ0) is 27.6. The number of rotatable bonds is 5. The topological polar surface area (TPSA) is 120 Å². The molecular formula is C28H46N2O7. The standard InChI is InChI=1S/C28H46N2O7/c1-8-25(4)17-19(32)28(35)26(5)18(31)9-11-24(2,3)22(26)21(23(34)27(28,6)37-25)36-20(33)10-12-30-15-13-29(7)14-16-30/h8,18,21-23,31,34-35H,1,9-17H2,2-7H3/t18-,21?,22?,23?,25-,26?,27+,28-/m0/s1. The number of carbonyl (C=O) groups excluding carboxylic acids is 2. The molecule has 2 heterocycles. The fourth-order valence-corrected chi connectivity index (χ4v) is 7.94. The van der Waals surface area contributed by atoms with Crippen LogP contribution in [-0.2, 0) is 19.1 Å². The van der Waals surface area contributed by atoms with E-state index in [9.17, 15) is 24.9 Å². The van der Waals surface area contributed by atoms with Gasteiger partial charge in [0, 0.05) is 50.5 Å². The maximum atomic E-state index is 13.8. The van der Waals surface area contributed by atoms with Crippen molar-refractivity contribution in [2.75, 3.05) is 39.8 Å². The van der Waals surface area contributed by atoms with Gasteiger partial charge >= 0.3 is 5.97 Å². The van der Waals surface area contributed by atoms with E-state index in [2.05, 4.69) is 23.4 Å². The number of Topliss-reactive ketones (excluding diaryl/α,β-unsaturated/α-hetero) is 1. The van der Waals surface area contributed by atoms with Crippen LogP contribution in [0.2, 0.25) is 0 Å². The summed E-state index contributed by atoms with van der Waals surface area (Å²) >= 11 is 0. The molecule has 0 aromatic heterocycles. The number of hydrogen-bond donors (Lipinski definition) is 3. The monoisotopic (exact) mass is 522 g/mol. The maximum absolute atomic E-state index is 13.8. The lowest BCUT2D eigenvalue weighted by atomic mass is 9.40. The zero-order valence-electron chi connectivity index (χ0n) is 23.3. The van der Waals surface area contributed by atoms with Crippen LogP contribution in [0.4, 0.5) is 0 Å². The molecule has 4 unspecified atom stereocenters. The molecule has 0 aromatic rings. The Labute approximate surface area is 220 Å². The van der Waals surface area contributed by atoms with Crippen LogP contribution in [0.3, 0.4) is 0 Å². The number of aliphatic hydroxyl groups excluding tert-OH is 2. The van der Waals surface area contributed by atoms with Crippen LogP contribution in [0.15, 0.2) is 12.7 Å². The summed E-state index contributed by atoms with van der Waals surface area (Å²) in [4.78, 5) is 31.5. The van der Waals surface area contributed by atoms with Gasteiger partial charge in [0.05, 0.1) is 18.1 Å². The molecule has 210 valence electrons. The Morgan fingerprint density at radius 2 is 1.78 bits per heavy atom. The number of likely N-dealkylation sites (N-methyl/N-ethyl adjacent to an activating group) is 1. The third kappa shape index (κ3) is 4.21. The van der Waals surface area contributed by atoms with Gasteiger partial charge in [-0.1, -0.05) is 26.8 Å². The van der Waals surface area contributed by atoms with Gasteiger partial charge in [0.1, 0.15) is 17.8 Å². The highest BCUT2D eigenvalue weighted by molar-refractivity contribution is 5.92. The summed E-state index contributed by atoms with van der Waals surface area (Å²) in [6.07, 6.45) is -1.18. The molecule has 8 atom stereocenters. The number of piperazine rings is 1. The molecule has 0 spiro atoms. The number of ketones is 1. The average Bonchev–Trinajstić information content (AvgIpc) is 2.82. The minimum atomic E-state index is -2.20.